The zero-order chi connectivity index (χ0) is 21.2. The molecule has 0 unspecified atom stereocenters. The largest absolute Gasteiger partial charge is 0.330 e. The predicted molar refractivity (Wildman–Crippen MR) is 121 cm³/mol. The first kappa shape index (κ1) is 19.5. The SMILES string of the molecule is O=C(Cn1ncc(=O)c2ccccc21)N1CC[NH+](Cc2cccc3ccccc23)CC1. The number of nitrogens with one attached hydrogen (secondary N) is 1. The summed E-state index contributed by atoms with van der Waals surface area (Å²) in [6, 6.07) is 22.3. The number of quaternary nitrogens is 1. The molecule has 4 aromatic rings. The third-order valence-corrected chi connectivity index (χ3v) is 6.19. The fraction of sp³-hybridized carbons (Fsp3) is 0.240. The first-order valence-corrected chi connectivity index (χ1v) is 10.7. The summed E-state index contributed by atoms with van der Waals surface area (Å²) in [5, 5.41) is 7.37. The van der Waals surface area contributed by atoms with E-state index in [0.717, 1.165) is 32.7 Å². The Morgan fingerprint density at radius 2 is 1.61 bits per heavy atom. The molecule has 3 aromatic carbocycles. The van der Waals surface area contributed by atoms with E-state index in [1.54, 1.807) is 10.7 Å². The highest BCUT2D eigenvalue weighted by Crippen LogP contribution is 2.17. The number of aromatic nitrogens is 2. The lowest BCUT2D eigenvalue weighted by Crippen LogP contribution is -3.13. The standard InChI is InChI=1S/C25H24N4O2/c30-24-16-26-29(23-11-4-3-10-22(23)24)18-25(31)28-14-12-27(13-15-28)17-20-8-5-7-19-6-1-2-9-21(19)20/h1-11,16H,12-15,17-18H2/p+1. The van der Waals surface area contributed by atoms with E-state index in [1.807, 2.05) is 23.1 Å². The van der Waals surface area contributed by atoms with Crippen molar-refractivity contribution in [3.05, 3.63) is 88.7 Å². The molecule has 5 rings (SSSR count). The van der Waals surface area contributed by atoms with Gasteiger partial charge < -0.3 is 9.80 Å². The molecule has 0 aliphatic carbocycles. The van der Waals surface area contributed by atoms with Gasteiger partial charge in [-0.1, -0.05) is 54.6 Å². The Morgan fingerprint density at radius 1 is 0.903 bits per heavy atom. The molecule has 2 heterocycles. The molecule has 1 N–H and O–H groups in total. The van der Waals surface area contributed by atoms with Gasteiger partial charge in [0.05, 0.1) is 37.9 Å². The summed E-state index contributed by atoms with van der Waals surface area (Å²) in [6.45, 7) is 4.43. The van der Waals surface area contributed by atoms with Gasteiger partial charge >= 0.3 is 0 Å². The zero-order valence-corrected chi connectivity index (χ0v) is 17.3. The molecule has 1 aromatic heterocycles. The number of rotatable bonds is 4. The second-order valence-electron chi connectivity index (χ2n) is 8.13. The van der Waals surface area contributed by atoms with Gasteiger partial charge in [-0.15, -0.1) is 0 Å². The van der Waals surface area contributed by atoms with Crippen molar-refractivity contribution in [2.75, 3.05) is 26.2 Å². The highest BCUT2D eigenvalue weighted by Gasteiger charge is 2.24. The molecule has 6 heteroatoms. The van der Waals surface area contributed by atoms with Gasteiger partial charge in [-0.05, 0) is 22.9 Å². The van der Waals surface area contributed by atoms with Crippen molar-refractivity contribution in [1.82, 2.24) is 14.7 Å². The average Bonchev–Trinajstić information content (AvgIpc) is 2.82. The Morgan fingerprint density at radius 3 is 2.45 bits per heavy atom. The first-order chi connectivity index (χ1) is 15.2. The molecule has 1 saturated heterocycles. The van der Waals surface area contributed by atoms with E-state index in [2.05, 4.69) is 47.6 Å². The summed E-state index contributed by atoms with van der Waals surface area (Å²) < 4.78 is 1.63. The Kier molecular flexibility index (Phi) is 5.22. The number of fused-ring (bicyclic) bond motifs is 2. The van der Waals surface area contributed by atoms with Crippen LogP contribution in [0.15, 0.2) is 77.7 Å². The fourth-order valence-corrected chi connectivity index (χ4v) is 4.48. The Labute approximate surface area is 180 Å². The van der Waals surface area contributed by atoms with Crippen LogP contribution in [-0.4, -0.2) is 46.8 Å². The summed E-state index contributed by atoms with van der Waals surface area (Å²) in [6.07, 6.45) is 1.29. The Bertz CT molecular complexity index is 1300. The fourth-order valence-electron chi connectivity index (χ4n) is 4.48. The van der Waals surface area contributed by atoms with Gasteiger partial charge in [-0.2, -0.15) is 5.10 Å². The van der Waals surface area contributed by atoms with E-state index in [4.69, 9.17) is 0 Å². The van der Waals surface area contributed by atoms with Crippen molar-refractivity contribution in [1.29, 1.82) is 0 Å². The number of benzene rings is 3. The molecule has 0 atom stereocenters. The van der Waals surface area contributed by atoms with Gasteiger partial charge in [0, 0.05) is 10.9 Å². The van der Waals surface area contributed by atoms with Crippen LogP contribution in [0.2, 0.25) is 0 Å². The smallest absolute Gasteiger partial charge is 0.244 e. The lowest BCUT2D eigenvalue weighted by Gasteiger charge is -2.32. The van der Waals surface area contributed by atoms with Crippen molar-refractivity contribution in [3.63, 3.8) is 0 Å². The third kappa shape index (κ3) is 3.94. The topological polar surface area (TPSA) is 59.6 Å². The molecule has 31 heavy (non-hydrogen) atoms. The number of hydrogen-bond acceptors (Lipinski definition) is 3. The van der Waals surface area contributed by atoms with Crippen LogP contribution in [-0.2, 0) is 17.9 Å². The molecule has 1 fully saturated rings. The summed E-state index contributed by atoms with van der Waals surface area (Å²) in [7, 11) is 0. The van der Waals surface area contributed by atoms with Gasteiger partial charge in [0.1, 0.15) is 13.1 Å². The third-order valence-electron chi connectivity index (χ3n) is 6.19. The van der Waals surface area contributed by atoms with Crippen LogP contribution in [0, 0.1) is 0 Å². The van der Waals surface area contributed by atoms with E-state index in [1.165, 1.54) is 27.4 Å². The normalized spacial score (nSPS) is 14.9. The molecule has 1 aliphatic rings. The monoisotopic (exact) mass is 413 g/mol. The van der Waals surface area contributed by atoms with Crippen LogP contribution in [0.4, 0.5) is 0 Å². The van der Waals surface area contributed by atoms with Crippen LogP contribution < -0.4 is 10.3 Å². The maximum absolute atomic E-state index is 12.9. The molecule has 0 saturated carbocycles. The van der Waals surface area contributed by atoms with Crippen LogP contribution in [0.3, 0.4) is 0 Å². The second-order valence-corrected chi connectivity index (χ2v) is 8.13. The molecule has 1 aliphatic heterocycles. The van der Waals surface area contributed by atoms with E-state index < -0.39 is 0 Å². The van der Waals surface area contributed by atoms with E-state index >= 15 is 0 Å². The van der Waals surface area contributed by atoms with E-state index in [-0.39, 0.29) is 17.9 Å². The molecule has 156 valence electrons. The van der Waals surface area contributed by atoms with Crippen molar-refractivity contribution in [3.8, 4) is 0 Å². The average molecular weight is 414 g/mol. The first-order valence-electron chi connectivity index (χ1n) is 10.7. The number of nitrogens with zero attached hydrogens (tertiary/aromatic N) is 3. The highest BCUT2D eigenvalue weighted by molar-refractivity contribution is 5.85. The molecular formula is C25H25N4O2+. The van der Waals surface area contributed by atoms with Gasteiger partial charge in [0.2, 0.25) is 11.3 Å². The maximum atomic E-state index is 12.9. The Hall–Kier alpha value is -3.51. The molecule has 0 bridgehead atoms. The molecular weight excluding hydrogens is 388 g/mol. The highest BCUT2D eigenvalue weighted by atomic mass is 16.2. The summed E-state index contributed by atoms with van der Waals surface area (Å²) in [5.74, 6) is 0.0468. The van der Waals surface area contributed by atoms with E-state index in [0.29, 0.717) is 10.9 Å². The summed E-state index contributed by atoms with van der Waals surface area (Å²) >= 11 is 0. The minimum Gasteiger partial charge on any atom is -0.330 e. The second kappa shape index (κ2) is 8.32. The van der Waals surface area contributed by atoms with Gasteiger partial charge in [0.15, 0.2) is 0 Å². The minimum atomic E-state index is -0.120. The van der Waals surface area contributed by atoms with Crippen molar-refractivity contribution in [2.24, 2.45) is 0 Å². The van der Waals surface area contributed by atoms with Gasteiger partial charge in [-0.25, -0.2) is 0 Å². The predicted octanol–water partition coefficient (Wildman–Crippen LogP) is 1.48. The molecule has 0 spiro atoms. The maximum Gasteiger partial charge on any atom is 0.244 e. The number of hydrogen-bond donors (Lipinski definition) is 1. The van der Waals surface area contributed by atoms with Gasteiger partial charge in [0.25, 0.3) is 0 Å². The van der Waals surface area contributed by atoms with Crippen LogP contribution in [0.25, 0.3) is 21.7 Å². The summed E-state index contributed by atoms with van der Waals surface area (Å²) in [4.78, 5) is 28.3. The van der Waals surface area contributed by atoms with Gasteiger partial charge in [-0.3, -0.25) is 14.3 Å². The number of carbonyl (C=O) groups excluding carboxylic acids is 1. The Balaban J connectivity index is 1.24. The van der Waals surface area contributed by atoms with Crippen LogP contribution in [0.5, 0.6) is 0 Å². The van der Waals surface area contributed by atoms with Crippen molar-refractivity contribution in [2.45, 2.75) is 13.1 Å². The molecule has 1 amide bonds. The molecule has 0 radical (unpaired) electrons. The quantitative estimate of drug-likeness (QED) is 0.551. The minimum absolute atomic E-state index is 0.0468. The van der Waals surface area contributed by atoms with Crippen LogP contribution >= 0.6 is 0 Å². The molecule has 6 nitrogen and oxygen atoms in total. The van der Waals surface area contributed by atoms with Crippen molar-refractivity contribution < 1.29 is 9.69 Å². The number of amides is 1. The van der Waals surface area contributed by atoms with E-state index in [9.17, 15) is 9.59 Å². The lowest BCUT2D eigenvalue weighted by atomic mass is 10.0. The van der Waals surface area contributed by atoms with Crippen molar-refractivity contribution >= 4 is 27.6 Å². The lowest BCUT2D eigenvalue weighted by molar-refractivity contribution is -0.917. The number of carbonyl (C=O) groups is 1. The zero-order valence-electron chi connectivity index (χ0n) is 17.3. The number of para-hydroxylation sites is 1. The number of piperazine rings is 1. The summed E-state index contributed by atoms with van der Waals surface area (Å²) in [5.41, 5.74) is 1.94. The van der Waals surface area contributed by atoms with Crippen LogP contribution in [0.1, 0.15) is 5.56 Å².